The van der Waals surface area contributed by atoms with Gasteiger partial charge in [0, 0.05) is 23.1 Å². The van der Waals surface area contributed by atoms with Crippen molar-refractivity contribution in [2.24, 2.45) is 5.92 Å². The Balaban J connectivity index is 1.46. The van der Waals surface area contributed by atoms with Crippen LogP contribution in [-0.2, 0) is 14.8 Å². The Labute approximate surface area is 182 Å². The Bertz CT molecular complexity index is 986. The fraction of sp³-hybridized carbons (Fsp3) is 0.364. The molecule has 0 aromatic heterocycles. The molecule has 31 heavy (non-hydrogen) atoms. The SMILES string of the molecule is CC1CCC(NS(=O)(=O)CC(=O)Nc2ccc(NC(=O)Nc3ccccc3)cc2)CC1. The molecular weight excluding hydrogens is 416 g/mol. The van der Waals surface area contributed by atoms with Crippen LogP contribution in [0.3, 0.4) is 0 Å². The third kappa shape index (κ3) is 7.69. The number of carbonyl (C=O) groups excluding carboxylic acids is 2. The molecule has 0 spiro atoms. The average molecular weight is 445 g/mol. The zero-order valence-electron chi connectivity index (χ0n) is 17.4. The molecule has 3 amide bonds. The molecule has 0 saturated heterocycles. The topological polar surface area (TPSA) is 116 Å². The van der Waals surface area contributed by atoms with E-state index in [0.29, 0.717) is 23.0 Å². The molecule has 166 valence electrons. The summed E-state index contributed by atoms with van der Waals surface area (Å²) < 4.78 is 27.2. The summed E-state index contributed by atoms with van der Waals surface area (Å²) in [6.07, 6.45) is 3.58. The minimum Gasteiger partial charge on any atom is -0.325 e. The first-order valence-electron chi connectivity index (χ1n) is 10.3. The number of para-hydroxylation sites is 1. The van der Waals surface area contributed by atoms with Crippen molar-refractivity contribution in [2.45, 2.75) is 38.6 Å². The lowest BCUT2D eigenvalue weighted by molar-refractivity contribution is -0.113. The average Bonchev–Trinajstić information content (AvgIpc) is 2.71. The number of benzene rings is 2. The summed E-state index contributed by atoms with van der Waals surface area (Å²) >= 11 is 0. The molecule has 0 unspecified atom stereocenters. The lowest BCUT2D eigenvalue weighted by atomic mass is 9.88. The molecule has 0 aliphatic heterocycles. The van der Waals surface area contributed by atoms with E-state index in [1.54, 1.807) is 36.4 Å². The second-order valence-corrected chi connectivity index (χ2v) is 9.66. The van der Waals surface area contributed by atoms with Crippen LogP contribution < -0.4 is 20.7 Å². The van der Waals surface area contributed by atoms with Gasteiger partial charge in [-0.1, -0.05) is 25.1 Å². The van der Waals surface area contributed by atoms with Gasteiger partial charge in [-0.05, 0) is 68.0 Å². The van der Waals surface area contributed by atoms with E-state index in [1.165, 1.54) is 0 Å². The summed E-state index contributed by atoms with van der Waals surface area (Å²) in [5.74, 6) is -0.622. The molecule has 0 heterocycles. The van der Waals surface area contributed by atoms with Gasteiger partial charge in [-0.3, -0.25) is 4.79 Å². The highest BCUT2D eigenvalue weighted by Crippen LogP contribution is 2.24. The number of amides is 3. The zero-order chi connectivity index (χ0) is 22.3. The van der Waals surface area contributed by atoms with E-state index in [0.717, 1.165) is 25.7 Å². The van der Waals surface area contributed by atoms with Gasteiger partial charge in [0.05, 0.1) is 0 Å². The smallest absolute Gasteiger partial charge is 0.323 e. The van der Waals surface area contributed by atoms with Crippen LogP contribution in [0, 0.1) is 5.92 Å². The van der Waals surface area contributed by atoms with Gasteiger partial charge >= 0.3 is 6.03 Å². The largest absolute Gasteiger partial charge is 0.325 e. The van der Waals surface area contributed by atoms with E-state index >= 15 is 0 Å². The summed E-state index contributed by atoms with van der Waals surface area (Å²) in [6.45, 7) is 2.16. The van der Waals surface area contributed by atoms with Crippen molar-refractivity contribution in [3.05, 3.63) is 54.6 Å². The number of rotatable bonds is 7. The van der Waals surface area contributed by atoms with Crippen molar-refractivity contribution < 1.29 is 18.0 Å². The predicted octanol–water partition coefficient (Wildman–Crippen LogP) is 3.77. The fourth-order valence-corrected chi connectivity index (χ4v) is 4.74. The first-order valence-corrected chi connectivity index (χ1v) is 12.0. The zero-order valence-corrected chi connectivity index (χ0v) is 18.2. The minimum atomic E-state index is -3.70. The molecule has 2 aromatic carbocycles. The Morgan fingerprint density at radius 1 is 0.806 bits per heavy atom. The molecule has 0 atom stereocenters. The van der Waals surface area contributed by atoms with E-state index in [9.17, 15) is 18.0 Å². The van der Waals surface area contributed by atoms with E-state index in [1.807, 2.05) is 18.2 Å². The van der Waals surface area contributed by atoms with Gasteiger partial charge in [0.15, 0.2) is 0 Å². The lowest BCUT2D eigenvalue weighted by Crippen LogP contribution is -2.41. The standard InChI is InChI=1S/C22H28N4O4S/c1-16-7-9-20(10-8-16)26-31(29,30)15-21(27)23-18-11-13-19(14-12-18)25-22(28)24-17-5-3-2-4-6-17/h2-6,11-14,16,20,26H,7-10,15H2,1H3,(H,23,27)(H2,24,25,28). The molecule has 1 fully saturated rings. The summed E-state index contributed by atoms with van der Waals surface area (Å²) in [5.41, 5.74) is 1.65. The summed E-state index contributed by atoms with van der Waals surface area (Å²) in [4.78, 5) is 24.2. The van der Waals surface area contributed by atoms with E-state index in [-0.39, 0.29) is 6.04 Å². The summed E-state index contributed by atoms with van der Waals surface area (Å²) in [7, 11) is -3.70. The van der Waals surface area contributed by atoms with Crippen molar-refractivity contribution in [1.82, 2.24) is 4.72 Å². The van der Waals surface area contributed by atoms with Gasteiger partial charge in [-0.25, -0.2) is 17.9 Å². The molecule has 8 nitrogen and oxygen atoms in total. The third-order valence-corrected chi connectivity index (χ3v) is 6.48. The molecule has 1 saturated carbocycles. The van der Waals surface area contributed by atoms with Gasteiger partial charge in [0.2, 0.25) is 15.9 Å². The predicted molar refractivity (Wildman–Crippen MR) is 122 cm³/mol. The summed E-state index contributed by atoms with van der Waals surface area (Å²) in [5, 5.41) is 7.97. The lowest BCUT2D eigenvalue weighted by Gasteiger charge is -2.26. The molecule has 3 rings (SSSR count). The first-order chi connectivity index (χ1) is 14.8. The maximum atomic E-state index is 12.3. The van der Waals surface area contributed by atoms with Crippen LogP contribution in [0.25, 0.3) is 0 Å². The molecule has 1 aliphatic carbocycles. The van der Waals surface area contributed by atoms with E-state index in [4.69, 9.17) is 0 Å². The van der Waals surface area contributed by atoms with Crippen LogP contribution in [0.4, 0.5) is 21.9 Å². The van der Waals surface area contributed by atoms with Crippen molar-refractivity contribution in [3.8, 4) is 0 Å². The number of urea groups is 1. The maximum absolute atomic E-state index is 12.3. The second-order valence-electron chi connectivity index (χ2n) is 7.90. The Morgan fingerprint density at radius 3 is 1.90 bits per heavy atom. The molecule has 2 aromatic rings. The fourth-order valence-electron chi connectivity index (χ4n) is 3.50. The number of hydrogen-bond acceptors (Lipinski definition) is 4. The summed E-state index contributed by atoms with van der Waals surface area (Å²) in [6, 6.07) is 15.0. The van der Waals surface area contributed by atoms with Crippen LogP contribution >= 0.6 is 0 Å². The van der Waals surface area contributed by atoms with Gasteiger partial charge in [0.25, 0.3) is 0 Å². The Morgan fingerprint density at radius 2 is 1.32 bits per heavy atom. The van der Waals surface area contributed by atoms with Crippen molar-refractivity contribution in [1.29, 1.82) is 0 Å². The van der Waals surface area contributed by atoms with Gasteiger partial charge in [-0.2, -0.15) is 0 Å². The highest BCUT2D eigenvalue weighted by Gasteiger charge is 2.24. The normalized spacial score (nSPS) is 18.7. The highest BCUT2D eigenvalue weighted by molar-refractivity contribution is 7.90. The molecule has 0 bridgehead atoms. The maximum Gasteiger partial charge on any atom is 0.323 e. The van der Waals surface area contributed by atoms with E-state index < -0.39 is 27.7 Å². The highest BCUT2D eigenvalue weighted by atomic mass is 32.2. The van der Waals surface area contributed by atoms with Gasteiger partial charge in [-0.15, -0.1) is 0 Å². The van der Waals surface area contributed by atoms with Crippen LogP contribution in [0.5, 0.6) is 0 Å². The van der Waals surface area contributed by atoms with Crippen molar-refractivity contribution in [2.75, 3.05) is 21.7 Å². The molecule has 0 radical (unpaired) electrons. The van der Waals surface area contributed by atoms with Crippen LogP contribution in [0.15, 0.2) is 54.6 Å². The van der Waals surface area contributed by atoms with Gasteiger partial charge in [0.1, 0.15) is 5.75 Å². The quantitative estimate of drug-likeness (QED) is 0.520. The Hall–Kier alpha value is -2.91. The number of nitrogens with one attached hydrogen (secondary N) is 4. The Kier molecular flexibility index (Phi) is 7.64. The van der Waals surface area contributed by atoms with Gasteiger partial charge < -0.3 is 16.0 Å². The van der Waals surface area contributed by atoms with Crippen LogP contribution in [-0.4, -0.2) is 32.2 Å². The monoisotopic (exact) mass is 444 g/mol. The van der Waals surface area contributed by atoms with Crippen LogP contribution in [0.2, 0.25) is 0 Å². The van der Waals surface area contributed by atoms with E-state index in [2.05, 4.69) is 27.6 Å². The van der Waals surface area contributed by atoms with Crippen molar-refractivity contribution >= 4 is 39.0 Å². The third-order valence-electron chi connectivity index (χ3n) is 5.14. The van der Waals surface area contributed by atoms with Crippen LogP contribution in [0.1, 0.15) is 32.6 Å². The molecule has 1 aliphatic rings. The number of anilines is 3. The molecular formula is C22H28N4O4S. The number of sulfonamides is 1. The van der Waals surface area contributed by atoms with Crippen molar-refractivity contribution in [3.63, 3.8) is 0 Å². The first kappa shape index (κ1) is 22.8. The molecule has 4 N–H and O–H groups in total. The molecule has 9 heteroatoms. The number of carbonyl (C=O) groups is 2. The minimum absolute atomic E-state index is 0.0959. The second kappa shape index (κ2) is 10.4. The number of hydrogen-bond donors (Lipinski definition) is 4.